The molecule has 0 amide bonds. The Hall–Kier alpha value is -1.11. The summed E-state index contributed by atoms with van der Waals surface area (Å²) >= 11 is 0. The SMILES string of the molecule is C=C/C=C(\C(=O)CCCC)C(C)C=C. The average Bonchev–Trinajstić information content (AvgIpc) is 2.21. The van der Waals surface area contributed by atoms with Crippen molar-refractivity contribution in [2.75, 3.05) is 0 Å². The van der Waals surface area contributed by atoms with Crippen molar-refractivity contribution in [2.24, 2.45) is 5.92 Å². The molecule has 0 rings (SSSR count). The second-order valence-corrected chi connectivity index (χ2v) is 3.41. The molecule has 0 fully saturated rings. The second-order valence-electron chi connectivity index (χ2n) is 3.41. The summed E-state index contributed by atoms with van der Waals surface area (Å²) in [5, 5.41) is 0. The molecule has 0 saturated heterocycles. The lowest BCUT2D eigenvalue weighted by Crippen LogP contribution is -2.08. The van der Waals surface area contributed by atoms with Gasteiger partial charge in [-0.25, -0.2) is 0 Å². The van der Waals surface area contributed by atoms with Gasteiger partial charge in [0.15, 0.2) is 5.78 Å². The van der Waals surface area contributed by atoms with Crippen LogP contribution in [-0.2, 0) is 4.79 Å². The smallest absolute Gasteiger partial charge is 0.159 e. The number of Topliss-reactive ketones (excluding diaryl/α,β-unsaturated/α-hetero) is 1. The number of carbonyl (C=O) groups excluding carboxylic acids is 1. The number of carbonyl (C=O) groups is 1. The third-order valence-corrected chi connectivity index (χ3v) is 2.22. The average molecular weight is 192 g/mol. The molecular weight excluding hydrogens is 172 g/mol. The van der Waals surface area contributed by atoms with Crippen molar-refractivity contribution >= 4 is 5.78 Å². The lowest BCUT2D eigenvalue weighted by atomic mass is 9.94. The van der Waals surface area contributed by atoms with E-state index in [2.05, 4.69) is 20.1 Å². The number of allylic oxidation sites excluding steroid dienone is 4. The zero-order chi connectivity index (χ0) is 11.0. The maximum atomic E-state index is 11.7. The van der Waals surface area contributed by atoms with Crippen LogP contribution in [0.3, 0.4) is 0 Å². The van der Waals surface area contributed by atoms with Gasteiger partial charge in [0, 0.05) is 17.9 Å². The van der Waals surface area contributed by atoms with E-state index in [9.17, 15) is 4.79 Å². The van der Waals surface area contributed by atoms with Crippen LogP contribution in [0.25, 0.3) is 0 Å². The van der Waals surface area contributed by atoms with Crippen molar-refractivity contribution in [1.82, 2.24) is 0 Å². The minimum Gasteiger partial charge on any atom is -0.295 e. The molecule has 1 unspecified atom stereocenters. The Morgan fingerprint density at radius 1 is 1.43 bits per heavy atom. The summed E-state index contributed by atoms with van der Waals surface area (Å²) in [6.45, 7) is 11.4. The first-order chi connectivity index (χ1) is 6.67. The molecule has 0 N–H and O–H groups in total. The van der Waals surface area contributed by atoms with E-state index in [1.807, 2.05) is 6.92 Å². The quantitative estimate of drug-likeness (QED) is 0.341. The van der Waals surface area contributed by atoms with Gasteiger partial charge in [-0.2, -0.15) is 0 Å². The van der Waals surface area contributed by atoms with Crippen LogP contribution in [0.5, 0.6) is 0 Å². The lowest BCUT2D eigenvalue weighted by molar-refractivity contribution is -0.116. The number of rotatable bonds is 7. The van der Waals surface area contributed by atoms with Crippen LogP contribution in [-0.4, -0.2) is 5.78 Å². The maximum Gasteiger partial charge on any atom is 0.159 e. The first kappa shape index (κ1) is 12.9. The normalized spacial score (nSPS) is 13.4. The largest absolute Gasteiger partial charge is 0.295 e. The topological polar surface area (TPSA) is 17.1 Å². The summed E-state index contributed by atoms with van der Waals surface area (Å²) in [7, 11) is 0. The van der Waals surface area contributed by atoms with Crippen molar-refractivity contribution in [3.8, 4) is 0 Å². The van der Waals surface area contributed by atoms with Gasteiger partial charge in [-0.05, 0) is 6.42 Å². The number of unbranched alkanes of at least 4 members (excludes halogenated alkanes) is 1. The van der Waals surface area contributed by atoms with E-state index in [1.54, 1.807) is 18.2 Å². The number of hydrogen-bond donors (Lipinski definition) is 0. The van der Waals surface area contributed by atoms with Gasteiger partial charge in [0.05, 0.1) is 0 Å². The highest BCUT2D eigenvalue weighted by Gasteiger charge is 2.12. The molecule has 0 radical (unpaired) electrons. The highest BCUT2D eigenvalue weighted by molar-refractivity contribution is 5.96. The van der Waals surface area contributed by atoms with Gasteiger partial charge in [0.2, 0.25) is 0 Å². The van der Waals surface area contributed by atoms with E-state index in [0.29, 0.717) is 6.42 Å². The fraction of sp³-hybridized carbons (Fsp3) is 0.462. The van der Waals surface area contributed by atoms with Crippen LogP contribution in [0.15, 0.2) is 37.0 Å². The third-order valence-electron chi connectivity index (χ3n) is 2.22. The highest BCUT2D eigenvalue weighted by atomic mass is 16.1. The zero-order valence-corrected chi connectivity index (χ0v) is 9.25. The Morgan fingerprint density at radius 3 is 2.50 bits per heavy atom. The molecule has 0 saturated carbocycles. The molecule has 78 valence electrons. The molecular formula is C13H20O. The van der Waals surface area contributed by atoms with Gasteiger partial charge >= 0.3 is 0 Å². The maximum absolute atomic E-state index is 11.7. The summed E-state index contributed by atoms with van der Waals surface area (Å²) in [4.78, 5) is 11.7. The molecule has 1 nitrogen and oxygen atoms in total. The van der Waals surface area contributed by atoms with Crippen molar-refractivity contribution in [3.05, 3.63) is 37.0 Å². The van der Waals surface area contributed by atoms with Crippen LogP contribution in [0.2, 0.25) is 0 Å². The van der Waals surface area contributed by atoms with Crippen LogP contribution in [0.4, 0.5) is 0 Å². The van der Waals surface area contributed by atoms with Gasteiger partial charge < -0.3 is 0 Å². The molecule has 0 aliphatic carbocycles. The Labute approximate surface area is 87.2 Å². The number of ketones is 1. The molecule has 0 bridgehead atoms. The van der Waals surface area contributed by atoms with Crippen molar-refractivity contribution in [3.63, 3.8) is 0 Å². The Kier molecular flexibility index (Phi) is 6.73. The van der Waals surface area contributed by atoms with Crippen molar-refractivity contribution in [2.45, 2.75) is 33.1 Å². The van der Waals surface area contributed by atoms with E-state index >= 15 is 0 Å². The zero-order valence-electron chi connectivity index (χ0n) is 9.25. The molecule has 0 aromatic carbocycles. The summed E-state index contributed by atoms with van der Waals surface area (Å²) in [5.41, 5.74) is 0.823. The summed E-state index contributed by atoms with van der Waals surface area (Å²) < 4.78 is 0. The minimum absolute atomic E-state index is 0.123. The Balaban J connectivity index is 4.49. The first-order valence-corrected chi connectivity index (χ1v) is 5.15. The van der Waals surface area contributed by atoms with Gasteiger partial charge in [0.1, 0.15) is 0 Å². The van der Waals surface area contributed by atoms with E-state index < -0.39 is 0 Å². The molecule has 1 atom stereocenters. The minimum atomic E-state index is 0.123. The molecule has 0 aromatic heterocycles. The van der Waals surface area contributed by atoms with Gasteiger partial charge in [0.25, 0.3) is 0 Å². The molecule has 1 heteroatoms. The van der Waals surface area contributed by atoms with Crippen LogP contribution in [0, 0.1) is 5.92 Å². The van der Waals surface area contributed by atoms with E-state index in [0.717, 1.165) is 18.4 Å². The second kappa shape index (κ2) is 7.31. The van der Waals surface area contributed by atoms with Crippen LogP contribution >= 0.6 is 0 Å². The standard InChI is InChI=1S/C13H20O/c1-5-8-10-13(14)12(9-6-2)11(4)7-3/h6-7,9,11H,2-3,5,8,10H2,1,4H3/b12-9-. The molecule has 0 aliphatic heterocycles. The monoisotopic (exact) mass is 192 g/mol. The summed E-state index contributed by atoms with van der Waals surface area (Å²) in [5.74, 6) is 0.344. The fourth-order valence-electron chi connectivity index (χ4n) is 1.23. The Morgan fingerprint density at radius 2 is 2.07 bits per heavy atom. The molecule has 0 aliphatic rings. The Bertz CT molecular complexity index is 236. The molecule has 0 aromatic rings. The summed E-state index contributed by atoms with van der Waals surface area (Å²) in [6, 6.07) is 0. The molecule has 0 heterocycles. The predicted molar refractivity (Wildman–Crippen MR) is 62.2 cm³/mol. The van der Waals surface area contributed by atoms with E-state index in [4.69, 9.17) is 0 Å². The van der Waals surface area contributed by atoms with E-state index in [1.165, 1.54) is 0 Å². The predicted octanol–water partition coefficient (Wildman–Crippen LogP) is 3.68. The third kappa shape index (κ3) is 4.22. The summed E-state index contributed by atoms with van der Waals surface area (Å²) in [6.07, 6.45) is 7.89. The first-order valence-electron chi connectivity index (χ1n) is 5.15. The van der Waals surface area contributed by atoms with E-state index in [-0.39, 0.29) is 11.7 Å². The van der Waals surface area contributed by atoms with Crippen LogP contribution < -0.4 is 0 Å². The van der Waals surface area contributed by atoms with Crippen LogP contribution in [0.1, 0.15) is 33.1 Å². The highest BCUT2D eigenvalue weighted by Crippen LogP contribution is 2.15. The molecule has 0 spiro atoms. The van der Waals surface area contributed by atoms with Crippen molar-refractivity contribution < 1.29 is 4.79 Å². The van der Waals surface area contributed by atoms with Crippen molar-refractivity contribution in [1.29, 1.82) is 0 Å². The van der Waals surface area contributed by atoms with Gasteiger partial charge in [-0.15, -0.1) is 6.58 Å². The fourth-order valence-corrected chi connectivity index (χ4v) is 1.23. The van der Waals surface area contributed by atoms with Gasteiger partial charge in [-0.3, -0.25) is 4.79 Å². The molecule has 14 heavy (non-hydrogen) atoms. The lowest BCUT2D eigenvalue weighted by Gasteiger charge is -2.09. The number of hydrogen-bond acceptors (Lipinski definition) is 1. The van der Waals surface area contributed by atoms with Gasteiger partial charge in [-0.1, -0.05) is 45.1 Å².